The van der Waals surface area contributed by atoms with E-state index in [2.05, 4.69) is 44.0 Å². The third kappa shape index (κ3) is 5.33. The highest BCUT2D eigenvalue weighted by Crippen LogP contribution is 2.41. The molecule has 1 aliphatic rings. The van der Waals surface area contributed by atoms with Crippen LogP contribution in [0.2, 0.25) is 5.15 Å². The van der Waals surface area contributed by atoms with Gasteiger partial charge in [0, 0.05) is 37.4 Å². The molecule has 2 amide bonds. The average molecular weight is 495 g/mol. The van der Waals surface area contributed by atoms with E-state index >= 15 is 0 Å². The number of nitrogen functional groups attached to an aromatic ring is 1. The minimum absolute atomic E-state index is 0.0254. The number of H-pyrrole nitrogens is 1. The summed E-state index contributed by atoms with van der Waals surface area (Å²) >= 11 is 6.39. The fourth-order valence-corrected chi connectivity index (χ4v) is 4.19. The Morgan fingerprint density at radius 1 is 1.31 bits per heavy atom. The maximum atomic E-state index is 13.4. The molecule has 0 radical (unpaired) electrons. The lowest BCUT2D eigenvalue weighted by molar-refractivity contribution is -0.113. The molecule has 0 saturated carbocycles. The molecule has 0 aromatic carbocycles. The molecular weight excluding hydrogens is 468 g/mol. The molecule has 35 heavy (non-hydrogen) atoms. The van der Waals surface area contributed by atoms with Crippen LogP contribution >= 0.6 is 11.6 Å². The van der Waals surface area contributed by atoms with Gasteiger partial charge in [0.25, 0.3) is 11.8 Å². The maximum absolute atomic E-state index is 13.4. The number of aromatic amines is 1. The molecule has 0 spiro atoms. The van der Waals surface area contributed by atoms with Gasteiger partial charge in [-0.15, -0.1) is 0 Å². The minimum atomic E-state index is -0.300. The zero-order chi connectivity index (χ0) is 24.9. The molecule has 4 N–H and O–H groups in total. The monoisotopic (exact) mass is 494 g/mol. The van der Waals surface area contributed by atoms with Gasteiger partial charge in [0.15, 0.2) is 5.82 Å². The van der Waals surface area contributed by atoms with E-state index in [1.165, 1.54) is 4.90 Å². The van der Waals surface area contributed by atoms with Crippen LogP contribution in [-0.4, -0.2) is 62.8 Å². The smallest absolute Gasteiger partial charge is 0.260 e. The second kappa shape index (κ2) is 10.7. The van der Waals surface area contributed by atoms with Gasteiger partial charge in [-0.05, 0) is 36.9 Å². The molecule has 11 heteroatoms. The van der Waals surface area contributed by atoms with Gasteiger partial charge in [0.05, 0.1) is 23.2 Å². The van der Waals surface area contributed by atoms with Crippen LogP contribution in [0.1, 0.15) is 41.0 Å². The predicted molar refractivity (Wildman–Crippen MR) is 136 cm³/mol. The second-order valence-corrected chi connectivity index (χ2v) is 8.37. The zero-order valence-electron chi connectivity index (χ0n) is 19.6. The Hall–Kier alpha value is -3.76. The van der Waals surface area contributed by atoms with Crippen LogP contribution < -0.4 is 16.0 Å². The third-order valence-corrected chi connectivity index (χ3v) is 6.08. The molecule has 1 aliphatic heterocycles. The summed E-state index contributed by atoms with van der Waals surface area (Å²) in [5.74, 6) is -0.180. The van der Waals surface area contributed by atoms with Crippen molar-refractivity contribution in [1.29, 1.82) is 0 Å². The van der Waals surface area contributed by atoms with E-state index < -0.39 is 0 Å². The number of nitrogens with two attached hydrogens (primary N) is 1. The summed E-state index contributed by atoms with van der Waals surface area (Å²) in [5.41, 5.74) is 8.38. The number of rotatable bonds is 9. The number of carbonyl (C=O) groups is 2. The van der Waals surface area contributed by atoms with Crippen LogP contribution in [0.15, 0.2) is 36.8 Å². The highest BCUT2D eigenvalue weighted by molar-refractivity contribution is 6.41. The van der Waals surface area contributed by atoms with E-state index in [-0.39, 0.29) is 29.5 Å². The summed E-state index contributed by atoms with van der Waals surface area (Å²) in [7, 11) is 0. The maximum Gasteiger partial charge on any atom is 0.260 e. The number of carbonyl (C=O) groups excluding carboxylic acids is 2. The number of amides is 2. The lowest BCUT2D eigenvalue weighted by Crippen LogP contribution is -2.34. The van der Waals surface area contributed by atoms with Gasteiger partial charge in [0.2, 0.25) is 5.95 Å². The fourth-order valence-electron chi connectivity index (χ4n) is 3.92. The summed E-state index contributed by atoms with van der Waals surface area (Å²) in [4.78, 5) is 45.1. The first-order chi connectivity index (χ1) is 16.9. The summed E-state index contributed by atoms with van der Waals surface area (Å²) < 4.78 is 0. The van der Waals surface area contributed by atoms with Gasteiger partial charge >= 0.3 is 0 Å². The molecule has 4 heterocycles. The zero-order valence-corrected chi connectivity index (χ0v) is 20.3. The van der Waals surface area contributed by atoms with Crippen molar-refractivity contribution in [3.63, 3.8) is 0 Å². The fraction of sp³-hybridized carbons (Fsp3) is 0.292. The Morgan fingerprint density at radius 3 is 2.83 bits per heavy atom. The van der Waals surface area contributed by atoms with Crippen molar-refractivity contribution < 1.29 is 9.59 Å². The molecule has 0 aliphatic carbocycles. The number of fused-ring (bicyclic) bond motifs is 1. The number of anilines is 2. The standard InChI is InChI=1S/C24H27ClN8O2/c1-3-32(4-2)9-8-28-22(34)16-10-17(29-13-16)11-18-19-20(25)30-24(26)31-21(19)33(23(18)35)14-15-6-5-7-27-12-15/h5-7,10-13,29H,3-4,8-9,14H2,1-2H3,(H,28,34)(H2,26,30,31)/b18-11-. The highest BCUT2D eigenvalue weighted by atomic mass is 35.5. The Labute approximate surface area is 208 Å². The number of likely N-dealkylation sites (N-methyl/N-ethyl adjacent to an activating group) is 1. The topological polar surface area (TPSA) is 133 Å². The first kappa shape index (κ1) is 24.4. The van der Waals surface area contributed by atoms with Crippen LogP contribution in [0.3, 0.4) is 0 Å². The quantitative estimate of drug-likeness (QED) is 0.307. The van der Waals surface area contributed by atoms with Crippen LogP contribution in [0.25, 0.3) is 11.6 Å². The van der Waals surface area contributed by atoms with Crippen molar-refractivity contribution in [2.75, 3.05) is 36.8 Å². The third-order valence-electron chi connectivity index (χ3n) is 5.80. The highest BCUT2D eigenvalue weighted by Gasteiger charge is 2.37. The minimum Gasteiger partial charge on any atom is -0.368 e. The van der Waals surface area contributed by atoms with E-state index in [0.717, 1.165) is 25.2 Å². The number of hydrogen-bond donors (Lipinski definition) is 3. The predicted octanol–water partition coefficient (Wildman–Crippen LogP) is 2.59. The second-order valence-electron chi connectivity index (χ2n) is 8.01. The van der Waals surface area contributed by atoms with Crippen LogP contribution in [0, 0.1) is 0 Å². The first-order valence-corrected chi connectivity index (χ1v) is 11.7. The first-order valence-electron chi connectivity index (χ1n) is 11.4. The Bertz CT molecular complexity index is 1250. The molecule has 182 valence electrons. The van der Waals surface area contributed by atoms with Gasteiger partial charge in [-0.2, -0.15) is 4.98 Å². The number of hydrogen-bond acceptors (Lipinski definition) is 7. The molecule has 3 aromatic rings. The lowest BCUT2D eigenvalue weighted by Gasteiger charge is -2.17. The van der Waals surface area contributed by atoms with E-state index in [4.69, 9.17) is 17.3 Å². The Balaban J connectivity index is 1.58. The molecule has 0 atom stereocenters. The van der Waals surface area contributed by atoms with Crippen LogP contribution in [0.4, 0.5) is 11.8 Å². The van der Waals surface area contributed by atoms with Crippen LogP contribution in [0.5, 0.6) is 0 Å². The van der Waals surface area contributed by atoms with Crippen molar-refractivity contribution >= 4 is 46.8 Å². The van der Waals surface area contributed by atoms with Gasteiger partial charge < -0.3 is 20.9 Å². The van der Waals surface area contributed by atoms with Crippen molar-refractivity contribution in [3.8, 4) is 0 Å². The van der Waals surface area contributed by atoms with E-state index in [1.54, 1.807) is 36.8 Å². The van der Waals surface area contributed by atoms with Gasteiger partial charge in [0.1, 0.15) is 5.15 Å². The summed E-state index contributed by atoms with van der Waals surface area (Å²) in [6.07, 6.45) is 6.58. The molecule has 10 nitrogen and oxygen atoms in total. The van der Waals surface area contributed by atoms with Crippen molar-refractivity contribution in [1.82, 2.24) is 30.2 Å². The van der Waals surface area contributed by atoms with E-state index in [0.29, 0.717) is 34.8 Å². The average Bonchev–Trinajstić information content (AvgIpc) is 3.42. The molecule has 3 aromatic heterocycles. The van der Waals surface area contributed by atoms with Crippen molar-refractivity contribution in [2.45, 2.75) is 20.4 Å². The molecule has 0 saturated heterocycles. The summed E-state index contributed by atoms with van der Waals surface area (Å²) in [6, 6.07) is 5.34. The lowest BCUT2D eigenvalue weighted by atomic mass is 10.1. The molecule has 4 rings (SSSR count). The van der Waals surface area contributed by atoms with Gasteiger partial charge in [-0.25, -0.2) is 4.98 Å². The molecule has 0 bridgehead atoms. The number of halogens is 1. The molecular formula is C24H27ClN8O2. The summed E-state index contributed by atoms with van der Waals surface area (Å²) in [5, 5.41) is 3.01. The molecule has 0 unspecified atom stereocenters. The number of pyridine rings is 1. The Kier molecular flexibility index (Phi) is 7.42. The molecule has 0 fully saturated rings. The van der Waals surface area contributed by atoms with Crippen LogP contribution in [-0.2, 0) is 11.3 Å². The largest absolute Gasteiger partial charge is 0.368 e. The number of nitrogens with one attached hydrogen (secondary N) is 2. The SMILES string of the molecule is CCN(CC)CCNC(=O)c1c[nH]c(/C=C2\C(=O)N(Cc3cccnc3)c3nc(N)nc(Cl)c32)c1. The van der Waals surface area contributed by atoms with Gasteiger partial charge in [-0.3, -0.25) is 19.5 Å². The van der Waals surface area contributed by atoms with E-state index in [9.17, 15) is 9.59 Å². The van der Waals surface area contributed by atoms with Crippen molar-refractivity contribution in [3.05, 3.63) is 64.3 Å². The number of aromatic nitrogens is 4. The van der Waals surface area contributed by atoms with E-state index in [1.807, 2.05) is 6.07 Å². The van der Waals surface area contributed by atoms with Gasteiger partial charge in [-0.1, -0.05) is 31.5 Å². The summed E-state index contributed by atoms with van der Waals surface area (Å²) in [6.45, 7) is 7.60. The normalized spacial score (nSPS) is 14.1. The van der Waals surface area contributed by atoms with Crippen molar-refractivity contribution in [2.24, 2.45) is 0 Å². The Morgan fingerprint density at radius 2 is 2.11 bits per heavy atom. The number of nitrogens with zero attached hydrogens (tertiary/aromatic N) is 5.